The summed E-state index contributed by atoms with van der Waals surface area (Å²) in [4.78, 5) is 31.4. The number of carbonyl (C=O) groups excluding carboxylic acids is 2. The Morgan fingerprint density at radius 1 is 1.17 bits per heavy atom. The van der Waals surface area contributed by atoms with E-state index in [0.717, 1.165) is 6.26 Å². The molecule has 23 heavy (non-hydrogen) atoms. The summed E-state index contributed by atoms with van der Waals surface area (Å²) in [5.74, 6) is 0.294. The van der Waals surface area contributed by atoms with Crippen LogP contribution >= 0.6 is 7.82 Å². The number of alkyl carbamates (subject to hydrolysis) is 2. The summed E-state index contributed by atoms with van der Waals surface area (Å²) < 4.78 is 29.7. The van der Waals surface area contributed by atoms with Crippen molar-refractivity contribution in [1.29, 1.82) is 0 Å². The molecule has 0 fully saturated rings. The Hall–Kier alpha value is -1.87. The Morgan fingerprint density at radius 2 is 1.70 bits per heavy atom. The summed E-state index contributed by atoms with van der Waals surface area (Å²) in [7, 11) is -4.28. The maximum Gasteiger partial charge on any atom is 0.472 e. The van der Waals surface area contributed by atoms with Crippen LogP contribution < -0.4 is 10.6 Å². The maximum absolute atomic E-state index is 11.4. The molecule has 0 saturated heterocycles. The van der Waals surface area contributed by atoms with Crippen LogP contribution in [0.3, 0.4) is 0 Å². The van der Waals surface area contributed by atoms with Crippen LogP contribution in [0.2, 0.25) is 0 Å². The normalized spacial score (nSPS) is 12.6. The van der Waals surface area contributed by atoms with Crippen LogP contribution in [0.5, 0.6) is 0 Å². The average molecular weight is 352 g/mol. The number of hydrogen-bond donors (Lipinski definition) is 3. The van der Waals surface area contributed by atoms with Crippen LogP contribution in [0.1, 0.15) is 13.3 Å². The van der Waals surface area contributed by atoms with Crippen LogP contribution in [0.4, 0.5) is 9.59 Å². The van der Waals surface area contributed by atoms with Gasteiger partial charge in [0, 0.05) is 19.5 Å². The zero-order chi connectivity index (χ0) is 17.7. The van der Waals surface area contributed by atoms with Crippen LogP contribution in [-0.2, 0) is 23.1 Å². The van der Waals surface area contributed by atoms with E-state index in [1.807, 2.05) is 0 Å². The van der Waals surface area contributed by atoms with E-state index in [4.69, 9.17) is 4.74 Å². The second-order valence-electron chi connectivity index (χ2n) is 3.84. The maximum atomic E-state index is 11.4. The second-order valence-corrected chi connectivity index (χ2v) is 5.30. The summed E-state index contributed by atoms with van der Waals surface area (Å²) in [6.07, 6.45) is -0.0880. The highest BCUT2D eigenvalue weighted by atomic mass is 31.2. The summed E-state index contributed by atoms with van der Waals surface area (Å²) in [6, 6.07) is 0. The molecule has 0 aliphatic rings. The second kappa shape index (κ2) is 11.7. The van der Waals surface area contributed by atoms with E-state index in [9.17, 15) is 19.0 Å². The summed E-state index contributed by atoms with van der Waals surface area (Å²) in [5, 5.41) is 4.53. The molecule has 0 aliphatic heterocycles. The number of rotatable bonds is 11. The van der Waals surface area contributed by atoms with E-state index in [1.54, 1.807) is 6.92 Å². The lowest BCUT2D eigenvalue weighted by atomic mass is 10.4. The fourth-order valence-electron chi connectivity index (χ4n) is 1.02. The molecule has 2 amide bonds. The molecule has 0 radical (unpaired) electrons. The smallest absolute Gasteiger partial charge is 0.419 e. The van der Waals surface area contributed by atoms with E-state index in [2.05, 4.69) is 37.6 Å². The minimum atomic E-state index is -4.28. The molecule has 0 aromatic rings. The van der Waals surface area contributed by atoms with Crippen molar-refractivity contribution in [2.75, 3.05) is 26.3 Å². The third-order valence-corrected chi connectivity index (χ3v) is 3.09. The molecule has 11 heteroatoms. The van der Waals surface area contributed by atoms with Gasteiger partial charge in [-0.1, -0.05) is 20.1 Å². The molecule has 3 N–H and O–H groups in total. The van der Waals surface area contributed by atoms with Gasteiger partial charge in [-0.25, -0.2) is 14.2 Å². The first kappa shape index (κ1) is 21.1. The van der Waals surface area contributed by atoms with Gasteiger partial charge in [0.25, 0.3) is 0 Å². The van der Waals surface area contributed by atoms with Gasteiger partial charge in [0.1, 0.15) is 5.76 Å². The number of amides is 2. The highest BCUT2D eigenvalue weighted by molar-refractivity contribution is 7.47. The first-order valence-electron chi connectivity index (χ1n) is 6.61. The molecule has 0 bridgehead atoms. The number of phosphoric ester groups is 1. The van der Waals surface area contributed by atoms with Crippen molar-refractivity contribution in [1.82, 2.24) is 10.6 Å². The van der Waals surface area contributed by atoms with Crippen molar-refractivity contribution in [3.63, 3.8) is 0 Å². The Morgan fingerprint density at radius 3 is 2.17 bits per heavy atom. The lowest BCUT2D eigenvalue weighted by Gasteiger charge is -2.12. The lowest BCUT2D eigenvalue weighted by Crippen LogP contribution is -2.28. The molecular formula is C12H21N2O8P. The van der Waals surface area contributed by atoms with Gasteiger partial charge in [0.05, 0.1) is 19.5 Å². The van der Waals surface area contributed by atoms with Crippen LogP contribution in [-0.4, -0.2) is 43.4 Å². The van der Waals surface area contributed by atoms with Gasteiger partial charge in [-0.2, -0.15) is 0 Å². The minimum absolute atomic E-state index is 0.0619. The molecule has 10 nitrogen and oxygen atoms in total. The Bertz CT molecular complexity index is 468. The first-order valence-corrected chi connectivity index (χ1v) is 8.11. The van der Waals surface area contributed by atoms with Crippen LogP contribution in [0, 0.1) is 0 Å². The minimum Gasteiger partial charge on any atom is -0.419 e. The number of nitrogens with one attached hydrogen (secondary N) is 2. The number of carbonyl (C=O) groups is 2. The Kier molecular flexibility index (Phi) is 10.7. The number of phosphoric acid groups is 1. The van der Waals surface area contributed by atoms with Gasteiger partial charge in [-0.3, -0.25) is 9.05 Å². The number of ether oxygens (including phenoxy) is 2. The van der Waals surface area contributed by atoms with Gasteiger partial charge in [-0.15, -0.1) is 0 Å². The largest absolute Gasteiger partial charge is 0.472 e. The van der Waals surface area contributed by atoms with E-state index >= 15 is 0 Å². The van der Waals surface area contributed by atoms with Gasteiger partial charge in [-0.05, 0) is 0 Å². The standard InChI is InChI=1S/C12H21N2O8P/c1-4-10(3)22-12(16)14-7-9-21-23(17,18)20-8-6-13-11(15)19-5-2/h5H,2-4,6-9H2,1H3,(H,13,15)(H,14,16)(H,17,18). The van der Waals surface area contributed by atoms with E-state index in [1.165, 1.54) is 0 Å². The molecule has 0 saturated carbocycles. The summed E-state index contributed by atoms with van der Waals surface area (Å²) >= 11 is 0. The predicted octanol–water partition coefficient (Wildman–Crippen LogP) is 1.64. The molecule has 1 unspecified atom stereocenters. The lowest BCUT2D eigenvalue weighted by molar-refractivity contribution is 0.142. The quantitative estimate of drug-likeness (QED) is 0.290. The monoisotopic (exact) mass is 352 g/mol. The molecule has 0 heterocycles. The van der Waals surface area contributed by atoms with Gasteiger partial charge in [0.2, 0.25) is 0 Å². The first-order chi connectivity index (χ1) is 10.8. The zero-order valence-corrected chi connectivity index (χ0v) is 13.7. The van der Waals surface area contributed by atoms with Gasteiger partial charge in [0.15, 0.2) is 0 Å². The Labute approximate surface area is 134 Å². The Balaban J connectivity index is 3.77. The average Bonchev–Trinajstić information content (AvgIpc) is 2.48. The van der Waals surface area contributed by atoms with Crippen molar-refractivity contribution in [3.05, 3.63) is 25.2 Å². The topological polar surface area (TPSA) is 132 Å². The molecule has 1 atom stereocenters. The molecule has 0 aromatic heterocycles. The molecule has 0 aromatic carbocycles. The molecule has 0 spiro atoms. The van der Waals surface area contributed by atoms with Crippen molar-refractivity contribution in [2.45, 2.75) is 13.3 Å². The van der Waals surface area contributed by atoms with Gasteiger partial charge >= 0.3 is 20.0 Å². The van der Waals surface area contributed by atoms with E-state index in [-0.39, 0.29) is 26.3 Å². The predicted molar refractivity (Wildman–Crippen MR) is 80.3 cm³/mol. The van der Waals surface area contributed by atoms with Gasteiger partial charge < -0.3 is 25.0 Å². The van der Waals surface area contributed by atoms with E-state index in [0.29, 0.717) is 12.2 Å². The van der Waals surface area contributed by atoms with Crippen molar-refractivity contribution >= 4 is 20.0 Å². The number of allylic oxidation sites excluding steroid dienone is 1. The van der Waals surface area contributed by atoms with Crippen molar-refractivity contribution in [2.24, 2.45) is 0 Å². The molecule has 0 aliphatic carbocycles. The summed E-state index contributed by atoms with van der Waals surface area (Å²) in [6.45, 7) is 7.76. The number of hydrogen-bond acceptors (Lipinski definition) is 7. The van der Waals surface area contributed by atoms with Crippen molar-refractivity contribution < 1.29 is 37.6 Å². The van der Waals surface area contributed by atoms with Crippen LogP contribution in [0.15, 0.2) is 25.2 Å². The molecular weight excluding hydrogens is 331 g/mol. The SMILES string of the molecule is C=COC(=O)NCCOP(=O)(O)OCCNC(=O)OC(=C)CC. The fourth-order valence-corrected chi connectivity index (χ4v) is 1.74. The summed E-state index contributed by atoms with van der Waals surface area (Å²) in [5.41, 5.74) is 0. The molecule has 0 rings (SSSR count). The van der Waals surface area contributed by atoms with Crippen LogP contribution in [0.25, 0.3) is 0 Å². The zero-order valence-electron chi connectivity index (χ0n) is 12.8. The molecule has 132 valence electrons. The highest BCUT2D eigenvalue weighted by Crippen LogP contribution is 2.42. The fraction of sp³-hybridized carbons (Fsp3) is 0.500. The third kappa shape index (κ3) is 12.4. The van der Waals surface area contributed by atoms with Crippen molar-refractivity contribution in [3.8, 4) is 0 Å². The third-order valence-electron chi connectivity index (χ3n) is 2.07. The highest BCUT2D eigenvalue weighted by Gasteiger charge is 2.20. The van der Waals surface area contributed by atoms with E-state index < -0.39 is 20.0 Å².